The Labute approximate surface area is 136 Å². The van der Waals surface area contributed by atoms with Gasteiger partial charge >= 0.3 is 5.91 Å². The van der Waals surface area contributed by atoms with E-state index in [0.29, 0.717) is 22.1 Å². The van der Waals surface area contributed by atoms with Gasteiger partial charge in [0.2, 0.25) is 0 Å². The van der Waals surface area contributed by atoms with Crippen LogP contribution < -0.4 is 4.90 Å². The number of imide groups is 1. The van der Waals surface area contributed by atoms with E-state index in [4.69, 9.17) is 0 Å². The van der Waals surface area contributed by atoms with E-state index < -0.39 is 34.9 Å². The van der Waals surface area contributed by atoms with Crippen molar-refractivity contribution >= 4 is 23.1 Å². The van der Waals surface area contributed by atoms with Gasteiger partial charge in [-0.05, 0) is 37.1 Å². The maximum Gasteiger partial charge on any atom is 0.301 e. The maximum atomic E-state index is 14.0. The molecule has 1 aliphatic rings. The number of halogens is 2. The van der Waals surface area contributed by atoms with E-state index in [1.807, 2.05) is 6.92 Å². The van der Waals surface area contributed by atoms with Crippen molar-refractivity contribution in [2.24, 2.45) is 0 Å². The Morgan fingerprint density at radius 2 is 1.67 bits per heavy atom. The fourth-order valence-electron chi connectivity index (χ4n) is 2.74. The largest absolute Gasteiger partial charge is 0.502 e. The topological polar surface area (TPSA) is 57.6 Å². The predicted octanol–water partition coefficient (Wildman–Crippen LogP) is 3.42. The van der Waals surface area contributed by atoms with Crippen molar-refractivity contribution in [2.75, 3.05) is 4.90 Å². The number of hydrogen-bond donors (Lipinski definition) is 1. The summed E-state index contributed by atoms with van der Waals surface area (Å²) in [5.41, 5.74) is 1.44. The highest BCUT2D eigenvalue weighted by molar-refractivity contribution is 6.45. The minimum atomic E-state index is -1.06. The van der Waals surface area contributed by atoms with Crippen molar-refractivity contribution in [3.63, 3.8) is 0 Å². The summed E-state index contributed by atoms with van der Waals surface area (Å²) in [6.45, 7) is 3.61. The van der Waals surface area contributed by atoms with Crippen molar-refractivity contribution in [1.29, 1.82) is 0 Å². The molecule has 0 spiro atoms. The Bertz CT molecular complexity index is 918. The van der Waals surface area contributed by atoms with Crippen LogP contribution in [-0.2, 0) is 9.59 Å². The van der Waals surface area contributed by atoms with Crippen molar-refractivity contribution < 1.29 is 23.5 Å². The lowest BCUT2D eigenvalue weighted by Crippen LogP contribution is -2.32. The Morgan fingerprint density at radius 1 is 0.958 bits per heavy atom. The molecule has 0 unspecified atom stereocenters. The van der Waals surface area contributed by atoms with Crippen LogP contribution in [0.5, 0.6) is 0 Å². The van der Waals surface area contributed by atoms with E-state index in [9.17, 15) is 23.5 Å². The summed E-state index contributed by atoms with van der Waals surface area (Å²) in [4.78, 5) is 25.4. The van der Waals surface area contributed by atoms with Gasteiger partial charge < -0.3 is 5.11 Å². The van der Waals surface area contributed by atoms with E-state index in [0.717, 1.165) is 17.7 Å². The first-order chi connectivity index (χ1) is 11.3. The third-order valence-corrected chi connectivity index (χ3v) is 3.86. The summed E-state index contributed by atoms with van der Waals surface area (Å²) < 4.78 is 27.0. The van der Waals surface area contributed by atoms with E-state index in [2.05, 4.69) is 0 Å². The maximum absolute atomic E-state index is 14.0. The molecular formula is C18H13F2NO3. The molecule has 0 fully saturated rings. The molecule has 2 amide bonds. The van der Waals surface area contributed by atoms with E-state index in [1.54, 1.807) is 25.1 Å². The molecule has 2 aromatic carbocycles. The minimum absolute atomic E-state index is 0.193. The highest BCUT2D eigenvalue weighted by Crippen LogP contribution is 2.34. The Morgan fingerprint density at radius 3 is 2.29 bits per heavy atom. The molecule has 0 aliphatic carbocycles. The first-order valence-corrected chi connectivity index (χ1v) is 7.16. The molecule has 0 bridgehead atoms. The lowest BCUT2D eigenvalue weighted by Gasteiger charge is -2.15. The molecule has 2 aromatic rings. The number of anilines is 1. The molecule has 0 radical (unpaired) electrons. The van der Waals surface area contributed by atoms with Gasteiger partial charge in [0.15, 0.2) is 5.76 Å². The molecular weight excluding hydrogens is 316 g/mol. The Hall–Kier alpha value is -3.02. The fraction of sp³-hybridized carbons (Fsp3) is 0.111. The lowest BCUT2D eigenvalue weighted by atomic mass is 9.98. The van der Waals surface area contributed by atoms with Gasteiger partial charge in [-0.15, -0.1) is 0 Å². The number of aryl methyl sites for hydroxylation is 2. The number of hydrogen-bond acceptors (Lipinski definition) is 3. The van der Waals surface area contributed by atoms with Crippen LogP contribution in [0, 0.1) is 25.5 Å². The van der Waals surface area contributed by atoms with Crippen LogP contribution in [0.1, 0.15) is 16.7 Å². The molecule has 122 valence electrons. The molecule has 0 saturated heterocycles. The number of carbonyl (C=O) groups excluding carboxylic acids is 2. The zero-order chi connectivity index (χ0) is 17.6. The predicted molar refractivity (Wildman–Crippen MR) is 84.3 cm³/mol. The number of benzene rings is 2. The molecule has 24 heavy (non-hydrogen) atoms. The average Bonchev–Trinajstić information content (AvgIpc) is 2.71. The van der Waals surface area contributed by atoms with Crippen LogP contribution in [-0.4, -0.2) is 16.9 Å². The number of nitrogens with zero attached hydrogens (tertiary/aromatic N) is 1. The smallest absolute Gasteiger partial charge is 0.301 e. The van der Waals surface area contributed by atoms with Gasteiger partial charge in [0.1, 0.15) is 11.6 Å². The SMILES string of the molecule is Cc1ccc(C2=C(O)C(=O)N(c3ccc(F)cc3F)C2=O)c(C)c1. The number of amides is 2. The van der Waals surface area contributed by atoms with Crippen LogP contribution in [0.3, 0.4) is 0 Å². The zero-order valence-electron chi connectivity index (χ0n) is 12.9. The Kier molecular flexibility index (Phi) is 3.67. The minimum Gasteiger partial charge on any atom is -0.502 e. The van der Waals surface area contributed by atoms with Crippen molar-refractivity contribution in [2.45, 2.75) is 13.8 Å². The fourth-order valence-corrected chi connectivity index (χ4v) is 2.74. The molecule has 6 heteroatoms. The van der Waals surface area contributed by atoms with Crippen molar-refractivity contribution in [1.82, 2.24) is 0 Å². The third-order valence-electron chi connectivity index (χ3n) is 3.86. The first kappa shape index (κ1) is 15.9. The number of carbonyl (C=O) groups is 2. The van der Waals surface area contributed by atoms with E-state index in [-0.39, 0.29) is 5.57 Å². The van der Waals surface area contributed by atoms with Crippen LogP contribution in [0.25, 0.3) is 5.57 Å². The number of aliphatic hydroxyl groups is 1. The first-order valence-electron chi connectivity index (χ1n) is 7.16. The Balaban J connectivity index is 2.11. The summed E-state index contributed by atoms with van der Waals surface area (Å²) in [7, 11) is 0. The van der Waals surface area contributed by atoms with Gasteiger partial charge in [0.05, 0.1) is 11.3 Å². The van der Waals surface area contributed by atoms with Gasteiger partial charge in [-0.25, -0.2) is 13.7 Å². The van der Waals surface area contributed by atoms with Crippen LogP contribution in [0.15, 0.2) is 42.2 Å². The highest BCUT2D eigenvalue weighted by Gasteiger charge is 2.41. The monoisotopic (exact) mass is 329 g/mol. The van der Waals surface area contributed by atoms with Crippen LogP contribution in [0.2, 0.25) is 0 Å². The van der Waals surface area contributed by atoms with Gasteiger partial charge in [-0.3, -0.25) is 9.59 Å². The summed E-state index contributed by atoms with van der Waals surface area (Å²) in [5.74, 6) is -4.54. The van der Waals surface area contributed by atoms with Crippen molar-refractivity contribution in [3.05, 3.63) is 70.5 Å². The normalized spacial score (nSPS) is 14.8. The molecule has 1 heterocycles. The van der Waals surface area contributed by atoms with Crippen LogP contribution in [0.4, 0.5) is 14.5 Å². The molecule has 0 aromatic heterocycles. The summed E-state index contributed by atoms with van der Waals surface area (Å²) in [6.07, 6.45) is 0. The quantitative estimate of drug-likeness (QED) is 0.859. The van der Waals surface area contributed by atoms with Crippen molar-refractivity contribution in [3.8, 4) is 0 Å². The second-order valence-corrected chi connectivity index (χ2v) is 5.58. The average molecular weight is 329 g/mol. The highest BCUT2D eigenvalue weighted by atomic mass is 19.1. The van der Waals surface area contributed by atoms with Crippen LogP contribution >= 0.6 is 0 Å². The van der Waals surface area contributed by atoms with Gasteiger partial charge in [0.25, 0.3) is 5.91 Å². The molecule has 3 rings (SSSR count). The summed E-state index contributed by atoms with van der Waals surface area (Å²) >= 11 is 0. The summed E-state index contributed by atoms with van der Waals surface area (Å²) in [5, 5.41) is 10.1. The number of rotatable bonds is 2. The number of aliphatic hydroxyl groups excluding tert-OH is 1. The standard InChI is InChI=1S/C18H13F2NO3/c1-9-3-5-12(10(2)7-9)15-16(22)18(24)21(17(15)23)14-6-4-11(19)8-13(14)20/h3-8,22H,1-2H3. The molecule has 1 N–H and O–H groups in total. The second-order valence-electron chi connectivity index (χ2n) is 5.58. The third kappa shape index (κ3) is 2.36. The molecule has 4 nitrogen and oxygen atoms in total. The second kappa shape index (κ2) is 5.56. The molecule has 1 aliphatic heterocycles. The molecule has 0 atom stereocenters. The van der Waals surface area contributed by atoms with Gasteiger partial charge in [-0.2, -0.15) is 0 Å². The van der Waals surface area contributed by atoms with E-state index >= 15 is 0 Å². The summed E-state index contributed by atoms with van der Waals surface area (Å²) in [6, 6.07) is 7.65. The van der Waals surface area contributed by atoms with Gasteiger partial charge in [0, 0.05) is 6.07 Å². The zero-order valence-corrected chi connectivity index (χ0v) is 12.9. The van der Waals surface area contributed by atoms with Gasteiger partial charge in [-0.1, -0.05) is 23.8 Å². The lowest BCUT2D eigenvalue weighted by molar-refractivity contribution is -0.121. The molecule has 0 saturated carbocycles. The van der Waals surface area contributed by atoms with E-state index in [1.165, 1.54) is 0 Å².